The van der Waals surface area contributed by atoms with Crippen LogP contribution >= 0.6 is 0 Å². The third-order valence-electron chi connectivity index (χ3n) is 9.58. The van der Waals surface area contributed by atoms with Gasteiger partial charge in [-0.05, 0) is 56.7 Å². The molecule has 0 aliphatic carbocycles. The molecule has 1 heterocycles. The highest BCUT2D eigenvalue weighted by Crippen LogP contribution is 2.30. The zero-order chi connectivity index (χ0) is 41.4. The normalized spacial score (nSPS) is 13.9. The molecule has 0 aliphatic rings. The van der Waals surface area contributed by atoms with Gasteiger partial charge in [-0.2, -0.15) is 0 Å². The Morgan fingerprint density at radius 1 is 0.875 bits per heavy atom. The fourth-order valence-electron chi connectivity index (χ4n) is 6.10. The third-order valence-corrected chi connectivity index (χ3v) is 9.58. The first-order valence-corrected chi connectivity index (χ1v) is 19.9. The van der Waals surface area contributed by atoms with Gasteiger partial charge in [-0.25, -0.2) is 23.2 Å². The van der Waals surface area contributed by atoms with Crippen molar-refractivity contribution >= 4 is 17.8 Å². The maximum Gasteiger partial charge on any atom is 0.519 e. The molecule has 0 spiro atoms. The Bertz CT molecular complexity index is 1520. The maximum atomic E-state index is 14.3. The summed E-state index contributed by atoms with van der Waals surface area (Å²) in [6.45, 7) is 5.43. The molecule has 12 nitrogen and oxygen atoms in total. The maximum absolute atomic E-state index is 14.3. The molecule has 0 fully saturated rings. The number of esters is 2. The number of hydrogen-bond acceptors (Lipinski definition) is 11. The first-order valence-electron chi connectivity index (χ1n) is 19.9. The molecule has 0 saturated heterocycles. The Kier molecular flexibility index (Phi) is 22.3. The highest BCUT2D eigenvalue weighted by molar-refractivity contribution is 5.93. The molecule has 3 atom stereocenters. The van der Waals surface area contributed by atoms with Crippen LogP contribution in [0.2, 0.25) is 0 Å². The van der Waals surface area contributed by atoms with Crippen LogP contribution in [0.5, 0.6) is 5.75 Å². The number of carbonyl (C=O) groups excluding carboxylic acids is 3. The van der Waals surface area contributed by atoms with Crippen LogP contribution in [0.1, 0.15) is 127 Å². The zero-order valence-corrected chi connectivity index (χ0v) is 33.8. The Morgan fingerprint density at radius 2 is 1.52 bits per heavy atom. The van der Waals surface area contributed by atoms with E-state index < -0.39 is 53.8 Å². The van der Waals surface area contributed by atoms with Crippen molar-refractivity contribution in [1.29, 1.82) is 0 Å². The van der Waals surface area contributed by atoms with Crippen LogP contribution < -0.4 is 15.9 Å². The van der Waals surface area contributed by atoms with Gasteiger partial charge in [0.25, 0.3) is 0 Å². The highest BCUT2D eigenvalue weighted by Gasteiger charge is 2.48. The molecular formula is C42H63F2NO11. The van der Waals surface area contributed by atoms with Gasteiger partial charge < -0.3 is 38.2 Å². The van der Waals surface area contributed by atoms with Gasteiger partial charge >= 0.3 is 17.8 Å². The first kappa shape index (κ1) is 48.1. The lowest BCUT2D eigenvalue weighted by molar-refractivity contribution is -0.176. The van der Waals surface area contributed by atoms with Crippen molar-refractivity contribution < 1.29 is 56.1 Å². The highest BCUT2D eigenvalue weighted by atomic mass is 19.3. The summed E-state index contributed by atoms with van der Waals surface area (Å²) in [6.07, 6.45) is 11.4. The number of aliphatic hydroxyl groups is 1. The van der Waals surface area contributed by atoms with Crippen LogP contribution in [0.3, 0.4) is 0 Å². The van der Waals surface area contributed by atoms with E-state index in [2.05, 4.69) is 19.2 Å². The molecule has 1 aromatic carbocycles. The van der Waals surface area contributed by atoms with Crippen molar-refractivity contribution in [3.8, 4) is 5.75 Å². The quantitative estimate of drug-likeness (QED) is 0.0448. The minimum atomic E-state index is -2.68. The zero-order valence-electron chi connectivity index (χ0n) is 33.8. The standard InChI is InChI=1S/C42H63F2NO11/c1-6-8-10-14-17-24-41(43,44)25-18-15-12-11-13-16-19-34(42(50,26-28-51-4)39(48)54-30-36-31(3)55-40(49)56-36)37(46)45-35(38(47)52-5)29-32-20-22-33(23-21-32)53-27-9-7-2/h16,19-23,34-35,50H,6-15,17-18,24-30H2,1-5H3,(H,45,46)/t34?,35-,42-/m0/s1. The van der Waals surface area contributed by atoms with Gasteiger partial charge in [0.05, 0.1) is 19.6 Å². The Balaban J connectivity index is 2.22. The number of unbranched alkanes of at least 4 members (excludes halogenated alkanes) is 9. The topological polar surface area (TPSA) is 164 Å². The van der Waals surface area contributed by atoms with E-state index in [1.54, 1.807) is 30.3 Å². The number of amides is 1. The fourth-order valence-corrected chi connectivity index (χ4v) is 6.10. The van der Waals surface area contributed by atoms with E-state index in [-0.39, 0.29) is 43.8 Å². The van der Waals surface area contributed by atoms with Crippen LogP contribution in [0, 0.1) is 12.8 Å². The van der Waals surface area contributed by atoms with E-state index in [4.69, 9.17) is 27.8 Å². The van der Waals surface area contributed by atoms with Crippen LogP contribution in [0.25, 0.3) is 0 Å². The summed E-state index contributed by atoms with van der Waals surface area (Å²) in [5.41, 5.74) is -1.82. The number of benzene rings is 1. The Hall–Kier alpha value is -4.04. The summed E-state index contributed by atoms with van der Waals surface area (Å²) < 4.78 is 59.7. The van der Waals surface area contributed by atoms with Gasteiger partial charge in [0.15, 0.2) is 23.7 Å². The van der Waals surface area contributed by atoms with Gasteiger partial charge in [0, 0.05) is 39.4 Å². The molecule has 1 amide bonds. The minimum Gasteiger partial charge on any atom is -0.494 e. The fraction of sp³-hybridized carbons (Fsp3) is 0.667. The molecule has 0 saturated carbocycles. The molecule has 1 aromatic heterocycles. The number of halogens is 2. The van der Waals surface area contributed by atoms with E-state index in [1.165, 1.54) is 27.2 Å². The summed E-state index contributed by atoms with van der Waals surface area (Å²) in [5.74, 6) is -7.43. The predicted octanol–water partition coefficient (Wildman–Crippen LogP) is 7.94. The number of hydrogen-bond donors (Lipinski definition) is 2. The molecule has 0 radical (unpaired) electrons. The van der Waals surface area contributed by atoms with Crippen molar-refractivity contribution in [2.45, 2.75) is 148 Å². The molecule has 14 heteroatoms. The summed E-state index contributed by atoms with van der Waals surface area (Å²) in [7, 11) is 2.54. The number of nitrogens with one attached hydrogen (secondary N) is 1. The molecule has 1 unspecified atom stereocenters. The van der Waals surface area contributed by atoms with Crippen molar-refractivity contribution in [1.82, 2.24) is 5.32 Å². The van der Waals surface area contributed by atoms with Crippen molar-refractivity contribution in [3.05, 3.63) is 64.1 Å². The summed E-state index contributed by atoms with van der Waals surface area (Å²) in [5, 5.41) is 14.6. The van der Waals surface area contributed by atoms with E-state index in [0.29, 0.717) is 56.4 Å². The van der Waals surface area contributed by atoms with Crippen molar-refractivity contribution in [3.63, 3.8) is 0 Å². The second kappa shape index (κ2) is 26.0. The number of aryl methyl sites for hydroxylation is 1. The van der Waals surface area contributed by atoms with Crippen molar-refractivity contribution in [2.75, 3.05) is 27.4 Å². The minimum absolute atomic E-state index is 0.0295. The third kappa shape index (κ3) is 17.4. The van der Waals surface area contributed by atoms with E-state index in [9.17, 15) is 33.1 Å². The summed E-state index contributed by atoms with van der Waals surface area (Å²) in [6, 6.07) is 5.85. The smallest absolute Gasteiger partial charge is 0.494 e. The van der Waals surface area contributed by atoms with Gasteiger partial charge in [0.1, 0.15) is 11.8 Å². The van der Waals surface area contributed by atoms with Crippen LogP contribution in [0.15, 0.2) is 50.0 Å². The lowest BCUT2D eigenvalue weighted by Gasteiger charge is -2.32. The van der Waals surface area contributed by atoms with Gasteiger partial charge in [0.2, 0.25) is 11.8 Å². The molecule has 0 bridgehead atoms. The Morgan fingerprint density at radius 3 is 2.11 bits per heavy atom. The average Bonchev–Trinajstić information content (AvgIpc) is 3.50. The number of methoxy groups -OCH3 is 2. The van der Waals surface area contributed by atoms with E-state index in [0.717, 1.165) is 38.5 Å². The molecule has 2 rings (SSSR count). The van der Waals surface area contributed by atoms with E-state index in [1.807, 2.05) is 0 Å². The molecule has 2 aromatic rings. The summed E-state index contributed by atoms with van der Waals surface area (Å²) >= 11 is 0. The van der Waals surface area contributed by atoms with Crippen molar-refractivity contribution in [2.24, 2.45) is 5.92 Å². The first-order chi connectivity index (χ1) is 26.8. The second-order valence-corrected chi connectivity index (χ2v) is 14.2. The molecule has 316 valence electrons. The number of alkyl halides is 2. The van der Waals surface area contributed by atoms with Crippen LogP contribution in [-0.4, -0.2) is 68.0 Å². The molecular weight excluding hydrogens is 732 g/mol. The summed E-state index contributed by atoms with van der Waals surface area (Å²) in [4.78, 5) is 52.2. The van der Waals surface area contributed by atoms with Gasteiger partial charge in [-0.3, -0.25) is 4.79 Å². The van der Waals surface area contributed by atoms with Gasteiger partial charge in [-0.15, -0.1) is 0 Å². The largest absolute Gasteiger partial charge is 0.519 e. The molecule has 0 aliphatic heterocycles. The average molecular weight is 796 g/mol. The monoisotopic (exact) mass is 795 g/mol. The number of ether oxygens (including phenoxy) is 4. The molecule has 2 N–H and O–H groups in total. The van der Waals surface area contributed by atoms with E-state index >= 15 is 0 Å². The number of rotatable bonds is 30. The Labute approximate surface area is 329 Å². The lowest BCUT2D eigenvalue weighted by Crippen LogP contribution is -2.55. The number of allylic oxidation sites excluding steroid dienone is 1. The van der Waals surface area contributed by atoms with Crippen LogP contribution in [0.4, 0.5) is 8.78 Å². The lowest BCUT2D eigenvalue weighted by atomic mass is 9.82. The number of carbonyl (C=O) groups is 3. The van der Waals surface area contributed by atoms with Gasteiger partial charge in [-0.1, -0.05) is 83.1 Å². The predicted molar refractivity (Wildman–Crippen MR) is 206 cm³/mol. The SMILES string of the molecule is CCCCCCCC(F)(F)CCCCCCC=CC(C(=O)N[C@@H](Cc1ccc(OCCCC)cc1)C(=O)OC)[C@@](O)(CCOC)C(=O)OCc1oc(=O)oc1C. The second-order valence-electron chi connectivity index (χ2n) is 14.2. The van der Waals surface area contributed by atoms with Crippen LogP contribution in [-0.2, 0) is 41.6 Å². The molecule has 56 heavy (non-hydrogen) atoms.